The summed E-state index contributed by atoms with van der Waals surface area (Å²) in [6.45, 7) is 11.1. The van der Waals surface area contributed by atoms with Crippen molar-refractivity contribution in [3.63, 3.8) is 0 Å². The van der Waals surface area contributed by atoms with E-state index in [1.54, 1.807) is 16.7 Å². The first kappa shape index (κ1) is 20.6. The number of rotatable bonds is 6. The molecule has 1 fully saturated rings. The Hall–Kier alpha value is -2.12. The molecule has 6 nitrogen and oxygen atoms in total. The number of hydrogen-bond acceptors (Lipinski definition) is 5. The van der Waals surface area contributed by atoms with Gasteiger partial charge in [-0.25, -0.2) is 9.97 Å². The molecule has 0 radical (unpaired) electrons. The minimum Gasteiger partial charge on any atom is -0.352 e. The summed E-state index contributed by atoms with van der Waals surface area (Å²) in [4.78, 5) is 25.6. The molecule has 7 heteroatoms. The van der Waals surface area contributed by atoms with Gasteiger partial charge in [-0.15, -0.1) is 0 Å². The fourth-order valence-electron chi connectivity index (χ4n) is 3.27. The van der Waals surface area contributed by atoms with Crippen molar-refractivity contribution in [3.8, 4) is 0 Å². The number of anilines is 1. The van der Waals surface area contributed by atoms with Crippen molar-refractivity contribution in [2.24, 2.45) is 0 Å². The van der Waals surface area contributed by atoms with Crippen molar-refractivity contribution in [1.82, 2.24) is 15.3 Å². The summed E-state index contributed by atoms with van der Waals surface area (Å²) in [7, 11) is 2.24. The van der Waals surface area contributed by atoms with Crippen LogP contribution >= 0.6 is 11.8 Å². The number of quaternary nitrogens is 1. The number of aromatic nitrogens is 2. The maximum Gasteiger partial charge on any atom is 0.251 e. The Morgan fingerprint density at radius 2 is 2.00 bits per heavy atom. The lowest BCUT2D eigenvalue weighted by Crippen LogP contribution is -3.12. The van der Waals surface area contributed by atoms with E-state index < -0.39 is 0 Å². The summed E-state index contributed by atoms with van der Waals surface area (Å²) in [5, 5.41) is 3.64. The number of thioether (sulfide) groups is 1. The Morgan fingerprint density at radius 3 is 2.71 bits per heavy atom. The van der Waals surface area contributed by atoms with E-state index in [0.29, 0.717) is 12.1 Å². The van der Waals surface area contributed by atoms with Crippen LogP contribution in [0.2, 0.25) is 0 Å². The number of amides is 1. The van der Waals surface area contributed by atoms with E-state index in [2.05, 4.69) is 36.1 Å². The van der Waals surface area contributed by atoms with E-state index in [4.69, 9.17) is 4.98 Å². The Bertz CT molecular complexity index is 834. The number of carbonyl (C=O) groups excluding carboxylic acids is 1. The van der Waals surface area contributed by atoms with Gasteiger partial charge < -0.3 is 15.1 Å². The van der Waals surface area contributed by atoms with Crippen molar-refractivity contribution in [3.05, 3.63) is 46.6 Å². The molecule has 2 N–H and O–H groups in total. The van der Waals surface area contributed by atoms with E-state index in [1.165, 1.54) is 5.56 Å². The Balaban J connectivity index is 1.73. The number of hydrogen-bond donors (Lipinski definition) is 2. The highest BCUT2D eigenvalue weighted by atomic mass is 32.2. The number of nitrogens with zero attached hydrogens (tertiary/aromatic N) is 3. The van der Waals surface area contributed by atoms with Crippen LogP contribution in [0.15, 0.2) is 29.4 Å². The molecule has 3 rings (SSSR count). The predicted octanol–water partition coefficient (Wildman–Crippen LogP) is 1.47. The fraction of sp³-hybridized carbons (Fsp3) is 0.476. The Labute approximate surface area is 171 Å². The van der Waals surface area contributed by atoms with Gasteiger partial charge in [0.2, 0.25) is 0 Å². The van der Waals surface area contributed by atoms with Gasteiger partial charge >= 0.3 is 0 Å². The molecule has 1 aromatic heterocycles. The summed E-state index contributed by atoms with van der Waals surface area (Å²) >= 11 is 1.62. The van der Waals surface area contributed by atoms with Crippen LogP contribution in [-0.2, 0) is 5.75 Å². The summed E-state index contributed by atoms with van der Waals surface area (Å²) in [5.74, 6) is 1.78. The van der Waals surface area contributed by atoms with Gasteiger partial charge in [0.1, 0.15) is 5.82 Å². The first-order chi connectivity index (χ1) is 13.5. The van der Waals surface area contributed by atoms with Crippen LogP contribution in [0.1, 0.15) is 34.1 Å². The summed E-state index contributed by atoms with van der Waals surface area (Å²) in [5.41, 5.74) is 4.00. The number of aryl methyl sites for hydroxylation is 1. The molecule has 2 heterocycles. The van der Waals surface area contributed by atoms with E-state index in [-0.39, 0.29) is 5.91 Å². The molecule has 1 saturated heterocycles. The average molecular weight is 401 g/mol. The normalized spacial score (nSPS) is 14.9. The average Bonchev–Trinajstić information content (AvgIpc) is 2.70. The van der Waals surface area contributed by atoms with Crippen molar-refractivity contribution in [2.45, 2.75) is 31.7 Å². The third-order valence-corrected chi connectivity index (χ3v) is 6.07. The van der Waals surface area contributed by atoms with Gasteiger partial charge in [-0.05, 0) is 38.5 Å². The van der Waals surface area contributed by atoms with Gasteiger partial charge in [0, 0.05) is 29.1 Å². The summed E-state index contributed by atoms with van der Waals surface area (Å²) in [6.07, 6.45) is 0. The molecule has 1 aromatic carbocycles. The third kappa shape index (κ3) is 5.02. The first-order valence-corrected chi connectivity index (χ1v) is 10.9. The third-order valence-electron chi connectivity index (χ3n) is 5.15. The molecule has 150 valence electrons. The van der Waals surface area contributed by atoms with Gasteiger partial charge in [-0.2, -0.15) is 0 Å². The van der Waals surface area contributed by atoms with Crippen molar-refractivity contribution >= 4 is 23.5 Å². The van der Waals surface area contributed by atoms with E-state index >= 15 is 0 Å². The maximum atomic E-state index is 12.0. The summed E-state index contributed by atoms with van der Waals surface area (Å²) < 4.78 is 0. The predicted molar refractivity (Wildman–Crippen MR) is 114 cm³/mol. The van der Waals surface area contributed by atoms with Crippen LogP contribution in [0.3, 0.4) is 0 Å². The lowest BCUT2D eigenvalue weighted by Gasteiger charge is -2.32. The van der Waals surface area contributed by atoms with Crippen molar-refractivity contribution in [1.29, 1.82) is 0 Å². The number of likely N-dealkylation sites (N-methyl/N-ethyl adjacent to an activating group) is 1. The number of carbonyl (C=O) groups is 1. The highest BCUT2D eigenvalue weighted by Crippen LogP contribution is 2.26. The molecular weight excluding hydrogens is 370 g/mol. The molecule has 0 saturated carbocycles. The van der Waals surface area contributed by atoms with Gasteiger partial charge in [0.25, 0.3) is 5.91 Å². The number of nitrogens with one attached hydrogen (secondary N) is 2. The SMILES string of the molecule is CCNC(=O)c1cccc(CSc2nc(C)c(C)c(N3CC[NH+](C)CC3)n2)c1. The molecule has 1 aliphatic heterocycles. The monoisotopic (exact) mass is 400 g/mol. The highest BCUT2D eigenvalue weighted by Gasteiger charge is 2.21. The van der Waals surface area contributed by atoms with E-state index in [9.17, 15) is 4.79 Å². The zero-order chi connectivity index (χ0) is 20.1. The van der Waals surface area contributed by atoms with Gasteiger partial charge in [0.15, 0.2) is 5.16 Å². The van der Waals surface area contributed by atoms with Crippen LogP contribution in [-0.4, -0.2) is 55.6 Å². The first-order valence-electron chi connectivity index (χ1n) is 9.89. The zero-order valence-electron chi connectivity index (χ0n) is 17.2. The summed E-state index contributed by atoms with van der Waals surface area (Å²) in [6, 6.07) is 7.77. The number of benzene rings is 1. The van der Waals surface area contributed by atoms with Crippen LogP contribution in [0.25, 0.3) is 0 Å². The highest BCUT2D eigenvalue weighted by molar-refractivity contribution is 7.98. The van der Waals surface area contributed by atoms with Crippen LogP contribution in [0.4, 0.5) is 5.82 Å². The topological polar surface area (TPSA) is 62.6 Å². The largest absolute Gasteiger partial charge is 0.352 e. The van der Waals surface area contributed by atoms with Crippen molar-refractivity contribution in [2.75, 3.05) is 44.7 Å². The molecule has 28 heavy (non-hydrogen) atoms. The van der Waals surface area contributed by atoms with Crippen LogP contribution in [0.5, 0.6) is 0 Å². The van der Waals surface area contributed by atoms with Crippen LogP contribution in [0, 0.1) is 13.8 Å². The van der Waals surface area contributed by atoms with E-state index in [0.717, 1.165) is 54.2 Å². The molecule has 0 aliphatic carbocycles. The standard InChI is InChI=1S/C21H29N5OS/c1-5-22-20(27)18-8-6-7-17(13-18)14-28-21-23-16(3)15(2)19(24-21)26-11-9-25(4)10-12-26/h6-8,13H,5,9-12,14H2,1-4H3,(H,22,27)/p+1. The smallest absolute Gasteiger partial charge is 0.251 e. The zero-order valence-corrected chi connectivity index (χ0v) is 18.0. The molecule has 0 unspecified atom stereocenters. The Kier molecular flexibility index (Phi) is 6.91. The van der Waals surface area contributed by atoms with Gasteiger partial charge in [-0.3, -0.25) is 4.79 Å². The van der Waals surface area contributed by atoms with Crippen molar-refractivity contribution < 1.29 is 9.69 Å². The minimum atomic E-state index is -0.0312. The molecule has 2 aromatic rings. The lowest BCUT2D eigenvalue weighted by molar-refractivity contribution is -0.880. The van der Waals surface area contributed by atoms with Gasteiger partial charge in [0.05, 0.1) is 33.2 Å². The second-order valence-corrected chi connectivity index (χ2v) is 8.28. The van der Waals surface area contributed by atoms with E-state index in [1.807, 2.05) is 31.2 Å². The Morgan fingerprint density at radius 1 is 1.25 bits per heavy atom. The fourth-order valence-corrected chi connectivity index (χ4v) is 4.10. The minimum absolute atomic E-state index is 0.0312. The molecule has 1 aliphatic rings. The number of piperazine rings is 1. The van der Waals surface area contributed by atoms with Gasteiger partial charge in [-0.1, -0.05) is 23.9 Å². The second-order valence-electron chi connectivity index (χ2n) is 7.33. The molecular formula is C21H30N5OS+. The van der Waals surface area contributed by atoms with Crippen LogP contribution < -0.4 is 15.1 Å². The molecule has 0 atom stereocenters. The quantitative estimate of drug-likeness (QED) is 0.568. The lowest BCUT2D eigenvalue weighted by atomic mass is 10.1. The second kappa shape index (κ2) is 9.39. The maximum absolute atomic E-state index is 12.0. The molecule has 0 spiro atoms. The molecule has 0 bridgehead atoms. The molecule has 1 amide bonds.